The lowest BCUT2D eigenvalue weighted by molar-refractivity contribution is 0.234. The van der Waals surface area contributed by atoms with Crippen LogP contribution in [0.3, 0.4) is 0 Å². The Morgan fingerprint density at radius 1 is 1.43 bits per heavy atom. The fourth-order valence-electron chi connectivity index (χ4n) is 2.00. The quantitative estimate of drug-likeness (QED) is 0.860. The van der Waals surface area contributed by atoms with Crippen molar-refractivity contribution >= 4 is 17.4 Å². The van der Waals surface area contributed by atoms with E-state index >= 15 is 0 Å². The van der Waals surface area contributed by atoms with Gasteiger partial charge in [0, 0.05) is 17.8 Å². The first-order valence-corrected chi connectivity index (χ1v) is 8.00. The number of furan rings is 1. The summed E-state index contributed by atoms with van der Waals surface area (Å²) in [4.78, 5) is 16.4. The Kier molecular flexibility index (Phi) is 5.38. The van der Waals surface area contributed by atoms with E-state index in [1.165, 1.54) is 0 Å². The van der Waals surface area contributed by atoms with Gasteiger partial charge in [0.2, 0.25) is 0 Å². The third-order valence-corrected chi connectivity index (χ3v) is 4.14. The number of urea groups is 1. The predicted octanol–water partition coefficient (Wildman–Crippen LogP) is 3.29. The van der Waals surface area contributed by atoms with E-state index in [4.69, 9.17) is 4.42 Å². The van der Waals surface area contributed by atoms with Gasteiger partial charge >= 0.3 is 6.03 Å². The van der Waals surface area contributed by atoms with Gasteiger partial charge in [-0.15, -0.1) is 11.3 Å². The van der Waals surface area contributed by atoms with E-state index in [2.05, 4.69) is 22.5 Å². The van der Waals surface area contributed by atoms with Crippen LogP contribution >= 0.6 is 11.3 Å². The maximum Gasteiger partial charge on any atom is 0.315 e. The first-order chi connectivity index (χ1) is 10.1. The summed E-state index contributed by atoms with van der Waals surface area (Å²) in [6.45, 7) is 5.96. The summed E-state index contributed by atoms with van der Waals surface area (Å²) in [6.07, 6.45) is 3.23. The Hall–Kier alpha value is -1.82. The van der Waals surface area contributed by atoms with Gasteiger partial charge in [0.1, 0.15) is 5.76 Å². The van der Waals surface area contributed by atoms with E-state index in [1.54, 1.807) is 17.6 Å². The van der Waals surface area contributed by atoms with Crippen molar-refractivity contribution in [3.63, 3.8) is 0 Å². The highest BCUT2D eigenvalue weighted by atomic mass is 32.1. The zero-order valence-corrected chi connectivity index (χ0v) is 13.4. The number of hydrogen-bond acceptors (Lipinski definition) is 4. The predicted molar refractivity (Wildman–Crippen MR) is 83.4 cm³/mol. The van der Waals surface area contributed by atoms with Crippen LogP contribution in [0, 0.1) is 0 Å². The van der Waals surface area contributed by atoms with Gasteiger partial charge in [-0.05, 0) is 32.4 Å². The number of thiazole rings is 1. The first kappa shape index (κ1) is 15.6. The van der Waals surface area contributed by atoms with E-state index in [0.29, 0.717) is 6.42 Å². The number of hydrogen-bond donors (Lipinski definition) is 2. The topological polar surface area (TPSA) is 67.2 Å². The summed E-state index contributed by atoms with van der Waals surface area (Å²) in [5.74, 6) is 0.864. The number of rotatable bonds is 6. The maximum atomic E-state index is 12.0. The largest absolute Gasteiger partial charge is 0.469 e. The van der Waals surface area contributed by atoms with Crippen molar-refractivity contribution in [1.82, 2.24) is 15.6 Å². The first-order valence-electron chi connectivity index (χ1n) is 7.12. The fourth-order valence-corrected chi connectivity index (χ4v) is 2.84. The molecule has 0 saturated carbocycles. The second-order valence-corrected chi connectivity index (χ2v) is 5.99. The molecule has 2 rings (SSSR count). The normalized spacial score (nSPS) is 13.7. The minimum absolute atomic E-state index is 0.00462. The Bertz CT molecular complexity index is 565. The minimum atomic E-state index is -0.187. The van der Waals surface area contributed by atoms with Crippen molar-refractivity contribution in [3.8, 4) is 0 Å². The second-order valence-electron chi connectivity index (χ2n) is 5.04. The molecule has 2 heterocycles. The number of nitrogens with zero attached hydrogens (tertiary/aromatic N) is 1. The lowest BCUT2D eigenvalue weighted by Gasteiger charge is -2.16. The number of aromatic nitrogens is 1. The molecule has 2 atom stereocenters. The monoisotopic (exact) mass is 307 g/mol. The zero-order valence-electron chi connectivity index (χ0n) is 12.6. The molecule has 0 saturated heterocycles. The van der Waals surface area contributed by atoms with Crippen molar-refractivity contribution in [2.75, 3.05) is 0 Å². The van der Waals surface area contributed by atoms with Crippen LogP contribution in [-0.2, 0) is 12.8 Å². The molecule has 0 aliphatic rings. The van der Waals surface area contributed by atoms with Crippen LogP contribution in [0.1, 0.15) is 43.3 Å². The van der Waals surface area contributed by atoms with E-state index in [0.717, 1.165) is 22.9 Å². The summed E-state index contributed by atoms with van der Waals surface area (Å²) < 4.78 is 5.27. The molecule has 2 amide bonds. The second kappa shape index (κ2) is 7.26. The number of nitrogens with one attached hydrogen (secondary N) is 2. The van der Waals surface area contributed by atoms with E-state index in [9.17, 15) is 4.79 Å². The fraction of sp³-hybridized carbons (Fsp3) is 0.467. The van der Waals surface area contributed by atoms with Crippen molar-refractivity contribution < 1.29 is 9.21 Å². The van der Waals surface area contributed by atoms with Gasteiger partial charge in [-0.3, -0.25) is 0 Å². The van der Waals surface area contributed by atoms with Gasteiger partial charge in [0.05, 0.1) is 23.0 Å². The molecular weight excluding hydrogens is 286 g/mol. The molecule has 0 radical (unpaired) electrons. The lowest BCUT2D eigenvalue weighted by Crippen LogP contribution is -2.42. The van der Waals surface area contributed by atoms with Crippen LogP contribution in [0.4, 0.5) is 4.79 Å². The van der Waals surface area contributed by atoms with E-state index in [-0.39, 0.29) is 18.1 Å². The molecule has 21 heavy (non-hydrogen) atoms. The molecule has 114 valence electrons. The molecule has 2 aromatic rings. The summed E-state index contributed by atoms with van der Waals surface area (Å²) in [5, 5.41) is 8.90. The average molecular weight is 307 g/mol. The van der Waals surface area contributed by atoms with Crippen LogP contribution in [0.25, 0.3) is 0 Å². The number of aryl methyl sites for hydroxylation is 1. The van der Waals surface area contributed by atoms with Gasteiger partial charge < -0.3 is 15.1 Å². The molecule has 0 spiro atoms. The van der Waals surface area contributed by atoms with Gasteiger partial charge in [-0.1, -0.05) is 6.92 Å². The smallest absolute Gasteiger partial charge is 0.315 e. The van der Waals surface area contributed by atoms with Gasteiger partial charge in [0.15, 0.2) is 0 Å². The van der Waals surface area contributed by atoms with Crippen molar-refractivity contribution in [2.45, 2.75) is 45.7 Å². The van der Waals surface area contributed by atoms with Crippen molar-refractivity contribution in [3.05, 3.63) is 40.2 Å². The Morgan fingerprint density at radius 3 is 2.86 bits per heavy atom. The highest BCUT2D eigenvalue weighted by Gasteiger charge is 2.14. The molecule has 0 aliphatic heterocycles. The zero-order chi connectivity index (χ0) is 15.2. The third kappa shape index (κ3) is 4.60. The Balaban J connectivity index is 1.80. The van der Waals surface area contributed by atoms with Crippen LogP contribution < -0.4 is 10.6 Å². The summed E-state index contributed by atoms with van der Waals surface area (Å²) in [5.41, 5.74) is 0.908. The number of amides is 2. The van der Waals surface area contributed by atoms with Crippen LogP contribution in [0.15, 0.2) is 28.2 Å². The highest BCUT2D eigenvalue weighted by Crippen LogP contribution is 2.16. The molecule has 0 fully saturated rings. The van der Waals surface area contributed by atoms with Crippen LogP contribution in [0.2, 0.25) is 0 Å². The molecule has 0 bridgehead atoms. The Labute approximate surface area is 128 Å². The summed E-state index contributed by atoms with van der Waals surface area (Å²) in [6, 6.07) is 3.47. The minimum Gasteiger partial charge on any atom is -0.469 e. The molecular formula is C15H21N3O2S. The van der Waals surface area contributed by atoms with Gasteiger partial charge in [0.25, 0.3) is 0 Å². The molecule has 2 unspecified atom stereocenters. The van der Waals surface area contributed by atoms with Crippen LogP contribution in [0.5, 0.6) is 0 Å². The Morgan fingerprint density at radius 2 is 2.24 bits per heavy atom. The van der Waals surface area contributed by atoms with E-state index in [1.807, 2.05) is 31.4 Å². The molecule has 0 aromatic carbocycles. The van der Waals surface area contributed by atoms with Gasteiger partial charge in [-0.2, -0.15) is 0 Å². The van der Waals surface area contributed by atoms with Crippen molar-refractivity contribution in [1.29, 1.82) is 0 Å². The van der Waals surface area contributed by atoms with Gasteiger partial charge in [-0.25, -0.2) is 9.78 Å². The molecule has 5 nitrogen and oxygen atoms in total. The number of carbonyl (C=O) groups is 1. The SMILES string of the molecule is CCc1nc(C(C)NC(=O)NC(C)Cc2ccco2)cs1. The third-order valence-electron chi connectivity index (χ3n) is 3.13. The summed E-state index contributed by atoms with van der Waals surface area (Å²) in [7, 11) is 0. The van der Waals surface area contributed by atoms with Crippen LogP contribution in [-0.4, -0.2) is 17.1 Å². The van der Waals surface area contributed by atoms with E-state index < -0.39 is 0 Å². The molecule has 0 aliphatic carbocycles. The molecule has 2 aromatic heterocycles. The van der Waals surface area contributed by atoms with Crippen molar-refractivity contribution in [2.24, 2.45) is 0 Å². The molecule has 6 heteroatoms. The highest BCUT2D eigenvalue weighted by molar-refractivity contribution is 7.09. The maximum absolute atomic E-state index is 12.0. The number of carbonyl (C=O) groups excluding carboxylic acids is 1. The summed E-state index contributed by atoms with van der Waals surface area (Å²) >= 11 is 1.63. The average Bonchev–Trinajstić information content (AvgIpc) is 3.08. The standard InChI is InChI=1S/C15H21N3O2S/c1-4-14-18-13(9-21-14)11(3)17-15(19)16-10(2)8-12-6-5-7-20-12/h5-7,9-11H,4,8H2,1-3H3,(H2,16,17,19). The lowest BCUT2D eigenvalue weighted by atomic mass is 10.2. The molecule has 2 N–H and O–H groups in total.